The zero-order valence-electron chi connectivity index (χ0n) is 11.6. The van der Waals surface area contributed by atoms with E-state index in [0.29, 0.717) is 11.7 Å². The van der Waals surface area contributed by atoms with Crippen LogP contribution < -0.4 is 0 Å². The molecule has 1 heterocycles. The standard InChI is InChI=1S/C16H27NO/c18-16-7-3-6-14(16)9-11-17-10-8-13-4-1-2-5-15(13)12-17/h13-15H,1-12H2. The number of carbonyl (C=O) groups excluding carboxylic acids is 1. The van der Waals surface area contributed by atoms with Crippen LogP contribution >= 0.6 is 0 Å². The minimum Gasteiger partial charge on any atom is -0.303 e. The largest absolute Gasteiger partial charge is 0.303 e. The molecule has 2 heteroatoms. The summed E-state index contributed by atoms with van der Waals surface area (Å²) < 4.78 is 0. The molecule has 0 bridgehead atoms. The monoisotopic (exact) mass is 249 g/mol. The Morgan fingerprint density at radius 1 is 1.00 bits per heavy atom. The summed E-state index contributed by atoms with van der Waals surface area (Å²) in [6, 6.07) is 0. The fraction of sp³-hybridized carbons (Fsp3) is 0.938. The van der Waals surface area contributed by atoms with E-state index in [-0.39, 0.29) is 0 Å². The lowest BCUT2D eigenvalue weighted by molar-refractivity contribution is -0.120. The average Bonchev–Trinajstić information content (AvgIpc) is 2.82. The number of nitrogens with zero attached hydrogens (tertiary/aromatic N) is 1. The molecule has 0 spiro atoms. The van der Waals surface area contributed by atoms with Gasteiger partial charge in [0.2, 0.25) is 0 Å². The lowest BCUT2D eigenvalue weighted by atomic mass is 9.75. The number of likely N-dealkylation sites (tertiary alicyclic amines) is 1. The van der Waals surface area contributed by atoms with Gasteiger partial charge < -0.3 is 4.90 Å². The second-order valence-electron chi connectivity index (χ2n) is 6.74. The molecule has 0 amide bonds. The molecule has 3 aliphatic rings. The molecule has 2 saturated carbocycles. The van der Waals surface area contributed by atoms with E-state index >= 15 is 0 Å². The first kappa shape index (κ1) is 12.7. The van der Waals surface area contributed by atoms with Gasteiger partial charge in [0.15, 0.2) is 0 Å². The van der Waals surface area contributed by atoms with Crippen molar-refractivity contribution in [2.45, 2.75) is 57.8 Å². The Labute approximate surface area is 111 Å². The molecule has 0 N–H and O–H groups in total. The molecule has 2 nitrogen and oxygen atoms in total. The van der Waals surface area contributed by atoms with Crippen LogP contribution in [0.25, 0.3) is 0 Å². The normalized spacial score (nSPS) is 37.8. The fourth-order valence-electron chi connectivity index (χ4n) is 4.41. The van der Waals surface area contributed by atoms with Crippen molar-refractivity contribution >= 4 is 5.78 Å². The number of piperidine rings is 1. The van der Waals surface area contributed by atoms with E-state index in [9.17, 15) is 4.79 Å². The van der Waals surface area contributed by atoms with Crippen molar-refractivity contribution in [2.75, 3.05) is 19.6 Å². The molecular weight excluding hydrogens is 222 g/mol. The van der Waals surface area contributed by atoms with Crippen LogP contribution in [0, 0.1) is 17.8 Å². The second kappa shape index (κ2) is 5.73. The molecule has 2 aliphatic carbocycles. The van der Waals surface area contributed by atoms with Crippen LogP contribution in [0.1, 0.15) is 57.8 Å². The van der Waals surface area contributed by atoms with Gasteiger partial charge in [-0.2, -0.15) is 0 Å². The maximum absolute atomic E-state index is 11.7. The summed E-state index contributed by atoms with van der Waals surface area (Å²) in [6.45, 7) is 3.80. The van der Waals surface area contributed by atoms with Crippen LogP contribution in [0.3, 0.4) is 0 Å². The molecule has 3 fully saturated rings. The van der Waals surface area contributed by atoms with Gasteiger partial charge in [0.05, 0.1) is 0 Å². The van der Waals surface area contributed by atoms with Crippen molar-refractivity contribution in [3.8, 4) is 0 Å². The van der Waals surface area contributed by atoms with Crippen LogP contribution in [0.15, 0.2) is 0 Å². The van der Waals surface area contributed by atoms with Crippen molar-refractivity contribution in [2.24, 2.45) is 17.8 Å². The summed E-state index contributed by atoms with van der Waals surface area (Å²) in [5, 5.41) is 0. The van der Waals surface area contributed by atoms with Gasteiger partial charge in [0.25, 0.3) is 0 Å². The minimum absolute atomic E-state index is 0.411. The van der Waals surface area contributed by atoms with E-state index in [1.807, 2.05) is 0 Å². The quantitative estimate of drug-likeness (QED) is 0.765. The highest BCUT2D eigenvalue weighted by Crippen LogP contribution is 2.36. The van der Waals surface area contributed by atoms with E-state index in [4.69, 9.17) is 0 Å². The number of hydrogen-bond donors (Lipinski definition) is 0. The Morgan fingerprint density at radius 2 is 1.83 bits per heavy atom. The van der Waals surface area contributed by atoms with Crippen molar-refractivity contribution in [1.82, 2.24) is 4.90 Å². The van der Waals surface area contributed by atoms with E-state index in [0.717, 1.165) is 31.1 Å². The third kappa shape index (κ3) is 2.79. The SMILES string of the molecule is O=C1CCCC1CCN1CCC2CCCCC2C1. The van der Waals surface area contributed by atoms with Gasteiger partial charge in [0.1, 0.15) is 5.78 Å². The molecule has 18 heavy (non-hydrogen) atoms. The Balaban J connectivity index is 1.44. The van der Waals surface area contributed by atoms with E-state index in [1.165, 1.54) is 58.2 Å². The predicted molar refractivity (Wildman–Crippen MR) is 73.5 cm³/mol. The molecule has 0 radical (unpaired) electrons. The zero-order valence-corrected chi connectivity index (χ0v) is 11.6. The van der Waals surface area contributed by atoms with Gasteiger partial charge in [0, 0.05) is 18.9 Å². The third-order valence-corrected chi connectivity index (χ3v) is 5.60. The number of Topliss-reactive ketones (excluding diaryl/α,β-unsaturated/α-hetero) is 1. The van der Waals surface area contributed by atoms with Crippen LogP contribution in [0.2, 0.25) is 0 Å². The number of fused-ring (bicyclic) bond motifs is 1. The van der Waals surface area contributed by atoms with Gasteiger partial charge >= 0.3 is 0 Å². The zero-order chi connectivity index (χ0) is 12.4. The average molecular weight is 249 g/mol. The highest BCUT2D eigenvalue weighted by molar-refractivity contribution is 5.82. The summed E-state index contributed by atoms with van der Waals surface area (Å²) in [5.74, 6) is 2.96. The molecule has 3 unspecified atom stereocenters. The van der Waals surface area contributed by atoms with Crippen LogP contribution in [-0.2, 0) is 4.79 Å². The Kier molecular flexibility index (Phi) is 4.03. The highest BCUT2D eigenvalue weighted by atomic mass is 16.1. The molecule has 0 aromatic carbocycles. The predicted octanol–water partition coefficient (Wildman–Crippen LogP) is 3.26. The van der Waals surface area contributed by atoms with Crippen molar-refractivity contribution < 1.29 is 4.79 Å². The maximum Gasteiger partial charge on any atom is 0.136 e. The summed E-state index contributed by atoms with van der Waals surface area (Å²) in [7, 11) is 0. The van der Waals surface area contributed by atoms with Crippen molar-refractivity contribution in [1.29, 1.82) is 0 Å². The van der Waals surface area contributed by atoms with Gasteiger partial charge in [-0.3, -0.25) is 4.79 Å². The Bertz CT molecular complexity index is 301. The van der Waals surface area contributed by atoms with E-state index in [2.05, 4.69) is 4.90 Å². The van der Waals surface area contributed by atoms with Crippen LogP contribution in [0.4, 0.5) is 0 Å². The highest BCUT2D eigenvalue weighted by Gasteiger charge is 2.31. The van der Waals surface area contributed by atoms with Gasteiger partial charge in [-0.05, 0) is 57.0 Å². The number of hydrogen-bond acceptors (Lipinski definition) is 2. The van der Waals surface area contributed by atoms with Crippen LogP contribution in [0.5, 0.6) is 0 Å². The topological polar surface area (TPSA) is 20.3 Å². The van der Waals surface area contributed by atoms with Crippen molar-refractivity contribution in [3.05, 3.63) is 0 Å². The summed E-state index contributed by atoms with van der Waals surface area (Å²) in [5.41, 5.74) is 0. The minimum atomic E-state index is 0.411. The molecule has 0 aromatic heterocycles. The molecule has 0 aromatic rings. The first-order chi connectivity index (χ1) is 8.83. The van der Waals surface area contributed by atoms with Gasteiger partial charge in [-0.1, -0.05) is 19.3 Å². The maximum atomic E-state index is 11.7. The van der Waals surface area contributed by atoms with Crippen LogP contribution in [-0.4, -0.2) is 30.3 Å². The number of rotatable bonds is 3. The van der Waals surface area contributed by atoms with Gasteiger partial charge in [-0.15, -0.1) is 0 Å². The summed E-state index contributed by atoms with van der Waals surface area (Å²) in [4.78, 5) is 14.3. The molecule has 3 rings (SSSR count). The lowest BCUT2D eigenvalue weighted by Gasteiger charge is -2.41. The fourth-order valence-corrected chi connectivity index (χ4v) is 4.41. The molecular formula is C16H27NO. The van der Waals surface area contributed by atoms with Gasteiger partial charge in [-0.25, -0.2) is 0 Å². The Hall–Kier alpha value is -0.370. The van der Waals surface area contributed by atoms with Crippen molar-refractivity contribution in [3.63, 3.8) is 0 Å². The second-order valence-corrected chi connectivity index (χ2v) is 6.74. The molecule has 3 atom stereocenters. The number of carbonyl (C=O) groups is 1. The van der Waals surface area contributed by atoms with E-state index in [1.54, 1.807) is 0 Å². The summed E-state index contributed by atoms with van der Waals surface area (Å²) in [6.07, 6.45) is 11.6. The number of ketones is 1. The molecule has 1 saturated heterocycles. The summed E-state index contributed by atoms with van der Waals surface area (Å²) >= 11 is 0. The first-order valence-corrected chi connectivity index (χ1v) is 8.08. The molecule has 1 aliphatic heterocycles. The van der Waals surface area contributed by atoms with E-state index < -0.39 is 0 Å². The lowest BCUT2D eigenvalue weighted by Crippen LogP contribution is -2.42. The smallest absolute Gasteiger partial charge is 0.136 e. The molecule has 102 valence electrons. The first-order valence-electron chi connectivity index (χ1n) is 8.08. The third-order valence-electron chi connectivity index (χ3n) is 5.60. The Morgan fingerprint density at radius 3 is 2.61 bits per heavy atom.